The Hall–Kier alpha value is -0.660. The molecule has 0 aromatic rings. The van der Waals surface area contributed by atoms with Crippen molar-refractivity contribution < 1.29 is 0 Å². The van der Waals surface area contributed by atoms with Crippen molar-refractivity contribution in [3.05, 3.63) is 0 Å². The number of rotatable bonds is 6. The highest BCUT2D eigenvalue weighted by Crippen LogP contribution is 1.93. The van der Waals surface area contributed by atoms with Crippen molar-refractivity contribution in [2.75, 3.05) is 0 Å². The summed E-state index contributed by atoms with van der Waals surface area (Å²) in [7, 11) is 0. The fourth-order valence-corrected chi connectivity index (χ4v) is 0.871. The molecule has 76 valence electrons. The van der Waals surface area contributed by atoms with Crippen LogP contribution in [0.5, 0.6) is 0 Å². The number of unbranched alkanes of at least 4 members (excludes halogenated alkanes) is 2. The lowest BCUT2D eigenvalue weighted by molar-refractivity contribution is 0.820. The van der Waals surface area contributed by atoms with E-state index in [4.69, 9.17) is 0 Å². The minimum absolute atomic E-state index is 0.435. The average Bonchev–Trinajstić information content (AvgIpc) is 2.01. The number of nitrogens with zero attached hydrogens (tertiary/aromatic N) is 2. The van der Waals surface area contributed by atoms with Crippen LogP contribution in [0, 0.1) is 0 Å². The fraction of sp³-hybridized carbons (Fsp3) is 0.818. The van der Waals surface area contributed by atoms with Gasteiger partial charge in [0.1, 0.15) is 0 Å². The maximum atomic E-state index is 4.29. The highest BCUT2D eigenvalue weighted by molar-refractivity contribution is 5.60. The molecule has 0 aliphatic carbocycles. The Balaban J connectivity index is 3.26. The fourth-order valence-electron chi connectivity index (χ4n) is 0.871. The van der Waals surface area contributed by atoms with E-state index in [2.05, 4.69) is 37.7 Å². The van der Waals surface area contributed by atoms with E-state index < -0.39 is 0 Å². The Labute approximate surface area is 82.2 Å². The number of hydrogen-bond donors (Lipinski definition) is 0. The molecule has 0 fully saturated rings. The lowest BCUT2D eigenvalue weighted by Gasteiger charge is -1.95. The van der Waals surface area contributed by atoms with Gasteiger partial charge in [-0.05, 0) is 59.4 Å². The second kappa shape index (κ2) is 7.96. The summed E-state index contributed by atoms with van der Waals surface area (Å²) in [4.78, 5) is 8.58. The molecule has 0 N–H and O–H groups in total. The molecule has 0 heterocycles. The van der Waals surface area contributed by atoms with Gasteiger partial charge in [0.05, 0.1) is 0 Å². The van der Waals surface area contributed by atoms with E-state index in [1.165, 1.54) is 0 Å². The second-order valence-corrected chi connectivity index (χ2v) is 3.78. The van der Waals surface area contributed by atoms with Crippen molar-refractivity contribution in [3.8, 4) is 0 Å². The molecule has 0 amide bonds. The van der Waals surface area contributed by atoms with E-state index in [0.29, 0.717) is 12.1 Å². The van der Waals surface area contributed by atoms with Gasteiger partial charge in [0.25, 0.3) is 0 Å². The predicted molar refractivity (Wildman–Crippen MR) is 61.1 cm³/mol. The van der Waals surface area contributed by atoms with Crippen LogP contribution in [0.25, 0.3) is 0 Å². The first-order valence-electron chi connectivity index (χ1n) is 5.16. The molecule has 2 heteroatoms. The maximum absolute atomic E-state index is 4.29. The Bertz CT molecular complexity index is 139. The first-order chi connectivity index (χ1) is 6.13. The molecule has 0 spiro atoms. The van der Waals surface area contributed by atoms with Gasteiger partial charge in [0, 0.05) is 12.1 Å². The first-order valence-corrected chi connectivity index (χ1v) is 5.16. The smallest absolute Gasteiger partial charge is 0.0439 e. The van der Waals surface area contributed by atoms with Crippen LogP contribution in [-0.2, 0) is 0 Å². The summed E-state index contributed by atoms with van der Waals surface area (Å²) in [5.41, 5.74) is 0. The molecular formula is C11H22N2. The van der Waals surface area contributed by atoms with Gasteiger partial charge in [-0.1, -0.05) is 0 Å². The summed E-state index contributed by atoms with van der Waals surface area (Å²) in [6.07, 6.45) is 7.35. The van der Waals surface area contributed by atoms with E-state index in [9.17, 15) is 0 Å². The average molecular weight is 182 g/mol. The molecule has 2 nitrogen and oxygen atoms in total. The Morgan fingerprint density at radius 2 is 1.23 bits per heavy atom. The van der Waals surface area contributed by atoms with Crippen LogP contribution in [0.4, 0.5) is 0 Å². The van der Waals surface area contributed by atoms with Crippen LogP contribution >= 0.6 is 0 Å². The Morgan fingerprint density at radius 3 is 1.54 bits per heavy atom. The van der Waals surface area contributed by atoms with Crippen LogP contribution in [0.15, 0.2) is 9.98 Å². The van der Waals surface area contributed by atoms with E-state index >= 15 is 0 Å². The van der Waals surface area contributed by atoms with Gasteiger partial charge in [0.2, 0.25) is 0 Å². The molecule has 0 saturated heterocycles. The Kier molecular flexibility index (Phi) is 7.56. The van der Waals surface area contributed by atoms with Gasteiger partial charge in [-0.2, -0.15) is 0 Å². The van der Waals surface area contributed by atoms with Crippen LogP contribution in [0.3, 0.4) is 0 Å². The standard InChI is InChI=1S/C11H22N2/c1-10(2)12-8-6-5-7-9-13-11(3)4/h8-11H,5-7H2,1-4H3. The summed E-state index contributed by atoms with van der Waals surface area (Å²) in [5.74, 6) is 0. The molecule has 0 saturated carbocycles. The van der Waals surface area contributed by atoms with Crippen LogP contribution < -0.4 is 0 Å². The molecule has 0 radical (unpaired) electrons. The van der Waals surface area contributed by atoms with Gasteiger partial charge in [-0.3, -0.25) is 9.98 Å². The lowest BCUT2D eigenvalue weighted by atomic mass is 10.2. The SMILES string of the molecule is CC(C)N=CCCCC=NC(C)C. The molecule has 0 aliphatic rings. The molecule has 0 rings (SSSR count). The normalized spacial score (nSPS) is 12.8. The van der Waals surface area contributed by atoms with Crippen molar-refractivity contribution in [1.82, 2.24) is 0 Å². The van der Waals surface area contributed by atoms with Crippen LogP contribution in [0.2, 0.25) is 0 Å². The number of hydrogen-bond acceptors (Lipinski definition) is 2. The summed E-state index contributed by atoms with van der Waals surface area (Å²) < 4.78 is 0. The summed E-state index contributed by atoms with van der Waals surface area (Å²) in [6, 6.07) is 0.869. The molecule has 0 bridgehead atoms. The molecule has 0 unspecified atom stereocenters. The van der Waals surface area contributed by atoms with E-state index in [-0.39, 0.29) is 0 Å². The molecular weight excluding hydrogens is 160 g/mol. The van der Waals surface area contributed by atoms with E-state index in [0.717, 1.165) is 19.3 Å². The zero-order valence-corrected chi connectivity index (χ0v) is 9.33. The number of aliphatic imine (C=N–C) groups is 2. The zero-order chi connectivity index (χ0) is 10.1. The third-order valence-electron chi connectivity index (χ3n) is 1.47. The van der Waals surface area contributed by atoms with Gasteiger partial charge >= 0.3 is 0 Å². The summed E-state index contributed by atoms with van der Waals surface area (Å²) >= 11 is 0. The predicted octanol–water partition coefficient (Wildman–Crippen LogP) is 3.12. The van der Waals surface area contributed by atoms with E-state index in [1.54, 1.807) is 0 Å². The van der Waals surface area contributed by atoms with Gasteiger partial charge in [-0.15, -0.1) is 0 Å². The van der Waals surface area contributed by atoms with Gasteiger partial charge < -0.3 is 0 Å². The summed E-state index contributed by atoms with van der Waals surface area (Å²) in [5, 5.41) is 0. The van der Waals surface area contributed by atoms with Crippen molar-refractivity contribution >= 4 is 12.4 Å². The van der Waals surface area contributed by atoms with Gasteiger partial charge in [-0.25, -0.2) is 0 Å². The third kappa shape index (κ3) is 11.3. The maximum Gasteiger partial charge on any atom is 0.0439 e. The second-order valence-electron chi connectivity index (χ2n) is 3.78. The minimum Gasteiger partial charge on any atom is -0.295 e. The molecule has 0 atom stereocenters. The minimum atomic E-state index is 0.435. The highest BCUT2D eigenvalue weighted by Gasteiger charge is 1.86. The molecule has 0 aromatic heterocycles. The topological polar surface area (TPSA) is 24.7 Å². The Morgan fingerprint density at radius 1 is 0.846 bits per heavy atom. The van der Waals surface area contributed by atoms with Crippen molar-refractivity contribution in [2.24, 2.45) is 9.98 Å². The van der Waals surface area contributed by atoms with Crippen LogP contribution in [-0.4, -0.2) is 24.5 Å². The van der Waals surface area contributed by atoms with E-state index in [1.807, 2.05) is 12.4 Å². The lowest BCUT2D eigenvalue weighted by Crippen LogP contribution is -1.91. The molecule has 0 aromatic carbocycles. The first kappa shape index (κ1) is 12.3. The molecule has 0 aliphatic heterocycles. The zero-order valence-electron chi connectivity index (χ0n) is 9.33. The third-order valence-corrected chi connectivity index (χ3v) is 1.47. The van der Waals surface area contributed by atoms with Crippen LogP contribution in [0.1, 0.15) is 47.0 Å². The van der Waals surface area contributed by atoms with Crippen molar-refractivity contribution in [3.63, 3.8) is 0 Å². The summed E-state index contributed by atoms with van der Waals surface area (Å²) in [6.45, 7) is 8.38. The quantitative estimate of drug-likeness (QED) is 0.445. The molecule has 13 heavy (non-hydrogen) atoms. The van der Waals surface area contributed by atoms with Crippen molar-refractivity contribution in [2.45, 2.75) is 59.0 Å². The monoisotopic (exact) mass is 182 g/mol. The van der Waals surface area contributed by atoms with Gasteiger partial charge in [0.15, 0.2) is 0 Å². The largest absolute Gasteiger partial charge is 0.295 e. The van der Waals surface area contributed by atoms with Crippen molar-refractivity contribution in [1.29, 1.82) is 0 Å². The highest BCUT2D eigenvalue weighted by atomic mass is 14.7.